The van der Waals surface area contributed by atoms with Gasteiger partial charge in [0.15, 0.2) is 5.03 Å². The van der Waals surface area contributed by atoms with Gasteiger partial charge in [0, 0.05) is 26.3 Å². The summed E-state index contributed by atoms with van der Waals surface area (Å²) in [7, 11) is -1.68. The number of aromatic nitrogens is 2. The maximum Gasteiger partial charge on any atom is 0.262 e. The van der Waals surface area contributed by atoms with Crippen molar-refractivity contribution in [3.63, 3.8) is 0 Å². The summed E-state index contributed by atoms with van der Waals surface area (Å²) in [6.07, 6.45) is 7.16. The van der Waals surface area contributed by atoms with Gasteiger partial charge in [-0.2, -0.15) is 4.31 Å². The van der Waals surface area contributed by atoms with Gasteiger partial charge in [-0.15, -0.1) is 0 Å². The molecule has 5 nitrogen and oxygen atoms in total. The van der Waals surface area contributed by atoms with Crippen molar-refractivity contribution in [1.29, 1.82) is 0 Å². The van der Waals surface area contributed by atoms with Crippen LogP contribution in [0.3, 0.4) is 0 Å². The van der Waals surface area contributed by atoms with Crippen LogP contribution in [-0.2, 0) is 28.9 Å². The zero-order valence-electron chi connectivity index (χ0n) is 13.3. The Morgan fingerprint density at radius 3 is 2.57 bits per heavy atom. The Labute approximate surface area is 137 Å². The molecule has 1 saturated heterocycles. The summed E-state index contributed by atoms with van der Waals surface area (Å²) in [6, 6.07) is 8.63. The molecule has 4 rings (SSSR count). The third-order valence-corrected chi connectivity index (χ3v) is 7.21. The Bertz CT molecular complexity index is 833. The largest absolute Gasteiger partial charge is 0.339 e. The Morgan fingerprint density at radius 2 is 1.87 bits per heavy atom. The number of aryl methyl sites for hydroxylation is 2. The van der Waals surface area contributed by atoms with Crippen LogP contribution in [-0.4, -0.2) is 35.4 Å². The van der Waals surface area contributed by atoms with Gasteiger partial charge >= 0.3 is 0 Å². The summed E-state index contributed by atoms with van der Waals surface area (Å²) >= 11 is 0. The fraction of sp³-hybridized carbons (Fsp3) is 0.471. The lowest BCUT2D eigenvalue weighted by Gasteiger charge is -2.39. The lowest BCUT2D eigenvalue weighted by atomic mass is 9.74. The highest BCUT2D eigenvalue weighted by Gasteiger charge is 2.43. The number of hydrogen-bond donors (Lipinski definition) is 0. The van der Waals surface area contributed by atoms with Crippen molar-refractivity contribution in [3.05, 3.63) is 47.9 Å². The first-order valence-corrected chi connectivity index (χ1v) is 9.52. The maximum atomic E-state index is 12.7. The monoisotopic (exact) mass is 331 g/mol. The van der Waals surface area contributed by atoms with Gasteiger partial charge in [0.25, 0.3) is 10.0 Å². The maximum absolute atomic E-state index is 12.7. The van der Waals surface area contributed by atoms with Gasteiger partial charge in [-0.1, -0.05) is 24.3 Å². The molecule has 122 valence electrons. The molecule has 23 heavy (non-hydrogen) atoms. The number of piperidine rings is 1. The Morgan fingerprint density at radius 1 is 1.13 bits per heavy atom. The van der Waals surface area contributed by atoms with E-state index in [1.165, 1.54) is 17.5 Å². The molecule has 0 radical (unpaired) electrons. The molecule has 1 fully saturated rings. The minimum Gasteiger partial charge on any atom is -0.339 e. The molecule has 0 saturated carbocycles. The van der Waals surface area contributed by atoms with Gasteiger partial charge < -0.3 is 4.57 Å². The quantitative estimate of drug-likeness (QED) is 0.847. The Balaban J connectivity index is 1.56. The van der Waals surface area contributed by atoms with E-state index in [0.717, 1.165) is 25.7 Å². The van der Waals surface area contributed by atoms with Crippen molar-refractivity contribution in [2.75, 3.05) is 13.1 Å². The van der Waals surface area contributed by atoms with E-state index >= 15 is 0 Å². The lowest BCUT2D eigenvalue weighted by Crippen LogP contribution is -2.44. The summed E-state index contributed by atoms with van der Waals surface area (Å²) in [5.74, 6) is 0. The molecule has 6 heteroatoms. The van der Waals surface area contributed by atoms with Gasteiger partial charge in [0.05, 0.1) is 6.33 Å². The average Bonchev–Trinajstić information content (AvgIpc) is 3.14. The minimum absolute atomic E-state index is 0.155. The van der Waals surface area contributed by atoms with Gasteiger partial charge in [0.2, 0.25) is 0 Å². The van der Waals surface area contributed by atoms with Crippen LogP contribution in [0.2, 0.25) is 0 Å². The van der Waals surface area contributed by atoms with Crippen molar-refractivity contribution in [2.24, 2.45) is 7.05 Å². The molecule has 1 aromatic carbocycles. The summed E-state index contributed by atoms with van der Waals surface area (Å²) in [5.41, 5.74) is 3.05. The van der Waals surface area contributed by atoms with E-state index in [-0.39, 0.29) is 10.4 Å². The average molecular weight is 331 g/mol. The van der Waals surface area contributed by atoms with E-state index in [1.807, 2.05) is 0 Å². The molecule has 1 spiro atoms. The summed E-state index contributed by atoms with van der Waals surface area (Å²) in [5, 5.41) is 0.155. The Hall–Kier alpha value is -1.66. The molecular formula is C17H21N3O2S. The molecule has 0 amide bonds. The van der Waals surface area contributed by atoms with E-state index in [4.69, 9.17) is 0 Å². The third kappa shape index (κ3) is 2.32. The number of nitrogens with zero attached hydrogens (tertiary/aromatic N) is 3. The molecule has 2 heterocycles. The first kappa shape index (κ1) is 14.9. The molecular weight excluding hydrogens is 310 g/mol. The van der Waals surface area contributed by atoms with Crippen molar-refractivity contribution in [3.8, 4) is 0 Å². The van der Waals surface area contributed by atoms with Crippen LogP contribution in [0.5, 0.6) is 0 Å². The molecule has 1 aliphatic heterocycles. The molecule has 0 unspecified atom stereocenters. The fourth-order valence-electron chi connectivity index (χ4n) is 4.09. The predicted molar refractivity (Wildman–Crippen MR) is 87.6 cm³/mol. The standard InChI is InChI=1S/C17H21N3O2S/c1-19-12-16(18-13-19)23(21,22)20-10-8-17(9-11-20)7-6-14-4-2-3-5-15(14)17/h2-5,12-13H,6-11H2,1H3. The van der Waals surface area contributed by atoms with Gasteiger partial charge in [-0.05, 0) is 42.2 Å². The number of benzene rings is 1. The second kappa shape index (κ2) is 5.18. The van der Waals surface area contributed by atoms with Crippen LogP contribution in [0, 0.1) is 0 Å². The second-order valence-corrected chi connectivity index (χ2v) is 8.60. The molecule has 0 atom stereocenters. The highest BCUT2D eigenvalue weighted by Crippen LogP contribution is 2.46. The summed E-state index contributed by atoms with van der Waals surface area (Å²) in [6.45, 7) is 1.15. The summed E-state index contributed by atoms with van der Waals surface area (Å²) < 4.78 is 28.7. The van der Waals surface area contributed by atoms with Crippen LogP contribution >= 0.6 is 0 Å². The van der Waals surface area contributed by atoms with Gasteiger partial charge in [-0.3, -0.25) is 0 Å². The first-order valence-electron chi connectivity index (χ1n) is 8.08. The van der Waals surface area contributed by atoms with Crippen LogP contribution in [0.1, 0.15) is 30.4 Å². The van der Waals surface area contributed by atoms with E-state index in [0.29, 0.717) is 13.1 Å². The molecule has 1 aliphatic carbocycles. The van der Waals surface area contributed by atoms with E-state index in [2.05, 4.69) is 29.2 Å². The zero-order valence-corrected chi connectivity index (χ0v) is 14.1. The molecule has 2 aliphatic rings. The van der Waals surface area contributed by atoms with Crippen molar-refractivity contribution < 1.29 is 8.42 Å². The Kier molecular flexibility index (Phi) is 3.35. The number of sulfonamides is 1. The topological polar surface area (TPSA) is 55.2 Å². The number of rotatable bonds is 2. The van der Waals surface area contributed by atoms with Crippen LogP contribution < -0.4 is 0 Å². The van der Waals surface area contributed by atoms with Crippen molar-refractivity contribution in [1.82, 2.24) is 13.9 Å². The van der Waals surface area contributed by atoms with E-state index < -0.39 is 10.0 Å². The van der Waals surface area contributed by atoms with Crippen molar-refractivity contribution >= 4 is 10.0 Å². The molecule has 0 bridgehead atoms. The van der Waals surface area contributed by atoms with Crippen LogP contribution in [0.15, 0.2) is 41.8 Å². The fourth-order valence-corrected chi connectivity index (χ4v) is 5.50. The van der Waals surface area contributed by atoms with E-state index in [1.54, 1.807) is 22.1 Å². The molecule has 2 aromatic rings. The number of hydrogen-bond acceptors (Lipinski definition) is 3. The third-order valence-electron chi connectivity index (χ3n) is 5.43. The van der Waals surface area contributed by atoms with Crippen molar-refractivity contribution in [2.45, 2.75) is 36.1 Å². The molecule has 1 aromatic heterocycles. The van der Waals surface area contributed by atoms with E-state index in [9.17, 15) is 8.42 Å². The van der Waals surface area contributed by atoms with Crippen LogP contribution in [0.25, 0.3) is 0 Å². The second-order valence-electron chi connectivity index (χ2n) is 6.72. The predicted octanol–water partition coefficient (Wildman–Crippen LogP) is 2.09. The number of fused-ring (bicyclic) bond motifs is 2. The zero-order chi connectivity index (χ0) is 16.1. The highest BCUT2D eigenvalue weighted by molar-refractivity contribution is 7.89. The summed E-state index contributed by atoms with van der Waals surface area (Å²) in [4.78, 5) is 4.02. The normalized spacial score (nSPS) is 20.7. The SMILES string of the molecule is Cn1cnc(S(=O)(=O)N2CCC3(CCc4ccccc43)CC2)c1. The lowest BCUT2D eigenvalue weighted by molar-refractivity contribution is 0.231. The molecule has 0 N–H and O–H groups in total. The number of imidazole rings is 1. The highest BCUT2D eigenvalue weighted by atomic mass is 32.2. The minimum atomic E-state index is -3.46. The van der Waals surface area contributed by atoms with Gasteiger partial charge in [-0.25, -0.2) is 13.4 Å². The first-order chi connectivity index (χ1) is 11.0. The van der Waals surface area contributed by atoms with Crippen LogP contribution in [0.4, 0.5) is 0 Å². The van der Waals surface area contributed by atoms with Gasteiger partial charge in [0.1, 0.15) is 0 Å². The smallest absolute Gasteiger partial charge is 0.262 e.